The first-order valence-corrected chi connectivity index (χ1v) is 3.64. The van der Waals surface area contributed by atoms with Crippen molar-refractivity contribution < 1.29 is 5.48 Å². The number of nitrogens with zero attached hydrogens (tertiary/aromatic N) is 1. The van der Waals surface area contributed by atoms with Gasteiger partial charge in [-0.2, -0.15) is 0 Å². The van der Waals surface area contributed by atoms with Gasteiger partial charge in [-0.05, 0) is 24.6 Å². The molecule has 4 N–H and O–H groups in total. The Morgan fingerprint density at radius 1 is 1.14 bits per heavy atom. The van der Waals surface area contributed by atoms with Crippen LogP contribution in [-0.2, 0) is 0 Å². The predicted octanol–water partition coefficient (Wildman–Crippen LogP) is 1.66. The monoisotopic (exact) mass is 240 g/mol. The SMILES string of the molecule is Cc1ccc(N(C)C)cc1N.Cl.Cl.O. The number of nitrogen functional groups attached to an aromatic ring is 1. The quantitative estimate of drug-likeness (QED) is 0.760. The normalized spacial score (nSPS) is 7.64. The van der Waals surface area contributed by atoms with Crippen LogP contribution in [0.1, 0.15) is 5.56 Å². The lowest BCUT2D eigenvalue weighted by atomic mass is 10.2. The van der Waals surface area contributed by atoms with Crippen LogP contribution in [0.2, 0.25) is 0 Å². The molecule has 0 saturated heterocycles. The van der Waals surface area contributed by atoms with Crippen molar-refractivity contribution in [2.45, 2.75) is 6.92 Å². The molecule has 1 rings (SSSR count). The largest absolute Gasteiger partial charge is 0.412 e. The molecule has 14 heavy (non-hydrogen) atoms. The highest BCUT2D eigenvalue weighted by atomic mass is 35.5. The summed E-state index contributed by atoms with van der Waals surface area (Å²) in [6.07, 6.45) is 0. The summed E-state index contributed by atoms with van der Waals surface area (Å²) in [6.45, 7) is 2.01. The summed E-state index contributed by atoms with van der Waals surface area (Å²) in [4.78, 5) is 2.04. The molecule has 5 heteroatoms. The Hall–Kier alpha value is -0.640. The van der Waals surface area contributed by atoms with Crippen LogP contribution in [0.15, 0.2) is 18.2 Å². The van der Waals surface area contributed by atoms with Gasteiger partial charge in [0.2, 0.25) is 0 Å². The van der Waals surface area contributed by atoms with Crippen molar-refractivity contribution in [2.75, 3.05) is 24.7 Å². The van der Waals surface area contributed by atoms with E-state index in [-0.39, 0.29) is 30.3 Å². The minimum atomic E-state index is 0. The minimum Gasteiger partial charge on any atom is -0.412 e. The molecule has 0 amide bonds. The Bertz CT molecular complexity index is 267. The number of rotatable bonds is 1. The van der Waals surface area contributed by atoms with E-state index >= 15 is 0 Å². The molecule has 0 unspecified atom stereocenters. The molecule has 1 aromatic carbocycles. The second-order valence-electron chi connectivity index (χ2n) is 2.94. The summed E-state index contributed by atoms with van der Waals surface area (Å²) in [5.41, 5.74) is 8.87. The fourth-order valence-corrected chi connectivity index (χ4v) is 0.906. The first-order chi connectivity index (χ1) is 5.11. The molecule has 1 aromatic rings. The predicted molar refractivity (Wildman–Crippen MR) is 68.0 cm³/mol. The first-order valence-electron chi connectivity index (χ1n) is 3.64. The standard InChI is InChI=1S/C9H14N2.2ClH.H2O/c1-7-4-5-8(11(2)3)6-9(7)10;;;/h4-6H,10H2,1-3H3;2*1H;1H2. The molecule has 0 bridgehead atoms. The van der Waals surface area contributed by atoms with Crippen molar-refractivity contribution >= 4 is 36.2 Å². The maximum atomic E-state index is 5.73. The molecule has 0 saturated carbocycles. The molecule has 0 radical (unpaired) electrons. The average molecular weight is 241 g/mol. The number of aryl methyl sites for hydroxylation is 1. The highest BCUT2D eigenvalue weighted by molar-refractivity contribution is 5.85. The van der Waals surface area contributed by atoms with E-state index in [0.29, 0.717) is 0 Å². The van der Waals surface area contributed by atoms with Crippen LogP contribution in [0.25, 0.3) is 0 Å². The van der Waals surface area contributed by atoms with Gasteiger partial charge in [-0.15, -0.1) is 24.8 Å². The molecule has 84 valence electrons. The zero-order valence-electron chi connectivity index (χ0n) is 8.57. The maximum absolute atomic E-state index is 5.73. The van der Waals surface area contributed by atoms with E-state index in [1.165, 1.54) is 0 Å². The van der Waals surface area contributed by atoms with E-state index in [9.17, 15) is 0 Å². The van der Waals surface area contributed by atoms with Crippen LogP contribution < -0.4 is 10.6 Å². The smallest absolute Gasteiger partial charge is 0.0381 e. The molecule has 0 aliphatic rings. The lowest BCUT2D eigenvalue weighted by molar-refractivity contribution is 0.824. The summed E-state index contributed by atoms with van der Waals surface area (Å²) < 4.78 is 0. The summed E-state index contributed by atoms with van der Waals surface area (Å²) in [6, 6.07) is 6.08. The molecule has 0 spiro atoms. The Morgan fingerprint density at radius 3 is 2.00 bits per heavy atom. The maximum Gasteiger partial charge on any atom is 0.0381 e. The lowest BCUT2D eigenvalue weighted by Gasteiger charge is -2.13. The fourth-order valence-electron chi connectivity index (χ4n) is 0.906. The van der Waals surface area contributed by atoms with E-state index in [1.807, 2.05) is 38.1 Å². The zero-order chi connectivity index (χ0) is 8.43. The van der Waals surface area contributed by atoms with Gasteiger partial charge in [0.05, 0.1) is 0 Å². The van der Waals surface area contributed by atoms with Crippen LogP contribution in [-0.4, -0.2) is 19.6 Å². The van der Waals surface area contributed by atoms with E-state index in [1.54, 1.807) is 0 Å². The molecule has 0 fully saturated rings. The second-order valence-corrected chi connectivity index (χ2v) is 2.94. The molecule has 0 heterocycles. The molecule has 0 aromatic heterocycles. The number of hydrogen-bond donors (Lipinski definition) is 1. The van der Waals surface area contributed by atoms with Gasteiger partial charge in [0.1, 0.15) is 0 Å². The summed E-state index contributed by atoms with van der Waals surface area (Å²) in [5.74, 6) is 0. The van der Waals surface area contributed by atoms with Crippen LogP contribution in [0.3, 0.4) is 0 Å². The van der Waals surface area contributed by atoms with Gasteiger partial charge in [0, 0.05) is 25.5 Å². The van der Waals surface area contributed by atoms with E-state index in [4.69, 9.17) is 5.73 Å². The van der Waals surface area contributed by atoms with Gasteiger partial charge in [-0.1, -0.05) is 6.07 Å². The molecular weight excluding hydrogens is 223 g/mol. The van der Waals surface area contributed by atoms with Crippen molar-refractivity contribution in [2.24, 2.45) is 0 Å². The Labute approximate surface area is 97.4 Å². The molecule has 0 aliphatic carbocycles. The van der Waals surface area contributed by atoms with Gasteiger partial charge in [-0.25, -0.2) is 0 Å². The highest BCUT2D eigenvalue weighted by Crippen LogP contribution is 2.18. The van der Waals surface area contributed by atoms with Crippen molar-refractivity contribution in [3.05, 3.63) is 23.8 Å². The third-order valence-electron chi connectivity index (χ3n) is 1.78. The van der Waals surface area contributed by atoms with Gasteiger partial charge in [0.15, 0.2) is 0 Å². The van der Waals surface area contributed by atoms with Crippen LogP contribution in [0.4, 0.5) is 11.4 Å². The Balaban J connectivity index is -0.000000403. The van der Waals surface area contributed by atoms with Crippen molar-refractivity contribution in [3.8, 4) is 0 Å². The van der Waals surface area contributed by atoms with Gasteiger partial charge < -0.3 is 16.1 Å². The molecule has 0 atom stereocenters. The Kier molecular flexibility index (Phi) is 10.5. The molecule has 3 nitrogen and oxygen atoms in total. The topological polar surface area (TPSA) is 60.8 Å². The van der Waals surface area contributed by atoms with Gasteiger partial charge >= 0.3 is 0 Å². The zero-order valence-corrected chi connectivity index (χ0v) is 10.2. The van der Waals surface area contributed by atoms with E-state index in [0.717, 1.165) is 16.9 Å². The number of halogens is 2. The van der Waals surface area contributed by atoms with Crippen LogP contribution in [0, 0.1) is 6.92 Å². The molecular formula is C9H18Cl2N2O. The third kappa shape index (κ3) is 4.56. The van der Waals surface area contributed by atoms with Crippen molar-refractivity contribution in [1.82, 2.24) is 0 Å². The summed E-state index contributed by atoms with van der Waals surface area (Å²) in [5, 5.41) is 0. The molecule has 0 aliphatic heterocycles. The highest BCUT2D eigenvalue weighted by Gasteiger charge is 1.96. The number of benzene rings is 1. The van der Waals surface area contributed by atoms with Crippen LogP contribution >= 0.6 is 24.8 Å². The summed E-state index contributed by atoms with van der Waals surface area (Å²) >= 11 is 0. The second kappa shape index (κ2) is 7.74. The van der Waals surface area contributed by atoms with Gasteiger partial charge in [0.25, 0.3) is 0 Å². The lowest BCUT2D eigenvalue weighted by Crippen LogP contribution is -2.08. The van der Waals surface area contributed by atoms with Crippen molar-refractivity contribution in [3.63, 3.8) is 0 Å². The Morgan fingerprint density at radius 2 is 1.64 bits per heavy atom. The minimum absolute atomic E-state index is 0. The van der Waals surface area contributed by atoms with E-state index in [2.05, 4.69) is 6.07 Å². The average Bonchev–Trinajstić information content (AvgIpc) is 1.94. The van der Waals surface area contributed by atoms with Gasteiger partial charge in [-0.3, -0.25) is 0 Å². The van der Waals surface area contributed by atoms with Crippen molar-refractivity contribution in [1.29, 1.82) is 0 Å². The first kappa shape index (κ1) is 19.0. The summed E-state index contributed by atoms with van der Waals surface area (Å²) in [7, 11) is 4.01. The van der Waals surface area contributed by atoms with Crippen LogP contribution in [0.5, 0.6) is 0 Å². The van der Waals surface area contributed by atoms with E-state index < -0.39 is 0 Å². The number of nitrogens with two attached hydrogens (primary N) is 1. The fraction of sp³-hybridized carbons (Fsp3) is 0.333. The number of anilines is 2. The number of hydrogen-bond acceptors (Lipinski definition) is 2. The third-order valence-corrected chi connectivity index (χ3v) is 1.78.